The Morgan fingerprint density at radius 3 is 2.72 bits per heavy atom. The summed E-state index contributed by atoms with van der Waals surface area (Å²) in [4.78, 5) is 16.5. The van der Waals surface area contributed by atoms with E-state index in [2.05, 4.69) is 31.5 Å². The van der Waals surface area contributed by atoms with Crippen molar-refractivity contribution in [1.29, 1.82) is 0 Å². The van der Waals surface area contributed by atoms with Crippen LogP contribution >= 0.6 is 40.7 Å². The minimum Gasteiger partial charge on any atom is -0.438 e. The Bertz CT molecular complexity index is 674. The van der Waals surface area contributed by atoms with E-state index in [1.54, 1.807) is 18.3 Å². The summed E-state index contributed by atoms with van der Waals surface area (Å²) in [6.07, 6.45) is 1.60. The molecule has 2 N–H and O–H groups in total. The van der Waals surface area contributed by atoms with Crippen molar-refractivity contribution in [1.82, 2.24) is 15.6 Å². The highest BCUT2D eigenvalue weighted by atomic mass is 79.9. The van der Waals surface area contributed by atoms with Gasteiger partial charge >= 0.3 is 0 Å². The van der Waals surface area contributed by atoms with Gasteiger partial charge in [0.25, 0.3) is 5.91 Å². The van der Waals surface area contributed by atoms with E-state index < -0.39 is 0 Å². The van der Waals surface area contributed by atoms with Crippen molar-refractivity contribution in [3.8, 4) is 11.6 Å². The molecule has 0 saturated carbocycles. The van der Waals surface area contributed by atoms with Gasteiger partial charge in [-0.15, -0.1) is 24.8 Å². The Kier molecular flexibility index (Phi) is 11.4. The highest BCUT2D eigenvalue weighted by Gasteiger charge is 2.15. The third-order valence-electron chi connectivity index (χ3n) is 3.15. The van der Waals surface area contributed by atoms with Crippen LogP contribution in [-0.2, 0) is 0 Å². The van der Waals surface area contributed by atoms with Crippen LogP contribution in [0.2, 0.25) is 0 Å². The summed E-state index contributed by atoms with van der Waals surface area (Å²) < 4.78 is 6.65. The molecule has 0 aliphatic carbocycles. The predicted molar refractivity (Wildman–Crippen MR) is 108 cm³/mol. The van der Waals surface area contributed by atoms with Gasteiger partial charge in [-0.05, 0) is 43.8 Å². The third kappa shape index (κ3) is 7.61. The number of halogens is 3. The topological polar surface area (TPSA) is 63.2 Å². The van der Waals surface area contributed by atoms with Crippen LogP contribution in [0.5, 0.6) is 11.6 Å². The fourth-order valence-electron chi connectivity index (χ4n) is 2.05. The van der Waals surface area contributed by atoms with E-state index in [9.17, 15) is 4.79 Å². The SMILES string of the molecule is CCN[C@H](C)CNC(=O)c1cccnc1Oc1cccc(Br)c1.Cl.Cl. The number of ether oxygens (including phenoxy) is 1. The Hall–Kier alpha value is -1.34. The van der Waals surface area contributed by atoms with Crippen molar-refractivity contribution in [2.45, 2.75) is 19.9 Å². The minimum atomic E-state index is -0.201. The van der Waals surface area contributed by atoms with Crippen LogP contribution in [0.15, 0.2) is 47.1 Å². The average Bonchev–Trinajstić information content (AvgIpc) is 2.53. The van der Waals surface area contributed by atoms with E-state index in [0.29, 0.717) is 23.7 Å². The van der Waals surface area contributed by atoms with E-state index >= 15 is 0 Å². The summed E-state index contributed by atoms with van der Waals surface area (Å²) in [7, 11) is 0. The molecule has 25 heavy (non-hydrogen) atoms. The molecule has 0 fully saturated rings. The van der Waals surface area contributed by atoms with E-state index in [4.69, 9.17) is 4.74 Å². The molecule has 1 aromatic carbocycles. The Balaban J connectivity index is 0.00000288. The fraction of sp³-hybridized carbons (Fsp3) is 0.294. The molecule has 2 rings (SSSR count). The summed E-state index contributed by atoms with van der Waals surface area (Å²) in [5.41, 5.74) is 0.413. The van der Waals surface area contributed by atoms with Crippen molar-refractivity contribution in [2.75, 3.05) is 13.1 Å². The zero-order chi connectivity index (χ0) is 16.7. The Morgan fingerprint density at radius 2 is 2.04 bits per heavy atom. The van der Waals surface area contributed by atoms with Gasteiger partial charge in [-0.3, -0.25) is 4.79 Å². The van der Waals surface area contributed by atoms with Crippen LogP contribution in [0.4, 0.5) is 0 Å². The van der Waals surface area contributed by atoms with Crippen LogP contribution < -0.4 is 15.4 Å². The molecule has 0 aliphatic heterocycles. The smallest absolute Gasteiger partial charge is 0.256 e. The molecule has 0 spiro atoms. The number of likely N-dealkylation sites (N-methyl/N-ethyl adjacent to an activating group) is 1. The first kappa shape index (κ1) is 23.7. The van der Waals surface area contributed by atoms with Crippen molar-refractivity contribution in [3.63, 3.8) is 0 Å². The van der Waals surface area contributed by atoms with Gasteiger partial charge in [0.15, 0.2) is 0 Å². The molecule has 5 nitrogen and oxygen atoms in total. The van der Waals surface area contributed by atoms with Crippen LogP contribution in [-0.4, -0.2) is 30.0 Å². The molecule has 0 saturated heterocycles. The highest BCUT2D eigenvalue weighted by Crippen LogP contribution is 2.25. The van der Waals surface area contributed by atoms with Crippen LogP contribution in [0.25, 0.3) is 0 Å². The molecule has 1 aromatic heterocycles. The number of amides is 1. The van der Waals surface area contributed by atoms with E-state index in [1.165, 1.54) is 0 Å². The lowest BCUT2D eigenvalue weighted by atomic mass is 10.2. The molecule has 1 amide bonds. The molecule has 0 radical (unpaired) electrons. The summed E-state index contributed by atoms with van der Waals surface area (Å²) in [5, 5.41) is 6.14. The van der Waals surface area contributed by atoms with Gasteiger partial charge in [0, 0.05) is 23.3 Å². The number of aromatic nitrogens is 1. The van der Waals surface area contributed by atoms with Crippen LogP contribution in [0.1, 0.15) is 24.2 Å². The minimum absolute atomic E-state index is 0. The Labute approximate surface area is 168 Å². The maximum atomic E-state index is 12.4. The third-order valence-corrected chi connectivity index (χ3v) is 3.64. The van der Waals surface area contributed by atoms with Gasteiger partial charge in [0.05, 0.1) is 0 Å². The van der Waals surface area contributed by atoms with Crippen LogP contribution in [0, 0.1) is 0 Å². The van der Waals surface area contributed by atoms with Crippen molar-refractivity contribution >= 4 is 46.7 Å². The number of nitrogens with one attached hydrogen (secondary N) is 2. The van der Waals surface area contributed by atoms with Crippen molar-refractivity contribution < 1.29 is 9.53 Å². The number of hydrogen-bond donors (Lipinski definition) is 2. The number of carbonyl (C=O) groups excluding carboxylic acids is 1. The second-order valence-electron chi connectivity index (χ2n) is 5.08. The molecule has 0 unspecified atom stereocenters. The van der Waals surface area contributed by atoms with Gasteiger partial charge in [0.2, 0.25) is 5.88 Å². The molecule has 8 heteroatoms. The number of nitrogens with zero attached hydrogens (tertiary/aromatic N) is 1. The molecule has 1 heterocycles. The maximum Gasteiger partial charge on any atom is 0.256 e. The van der Waals surface area contributed by atoms with Crippen molar-refractivity contribution in [3.05, 3.63) is 52.6 Å². The van der Waals surface area contributed by atoms with Crippen LogP contribution in [0.3, 0.4) is 0 Å². The largest absolute Gasteiger partial charge is 0.438 e. The van der Waals surface area contributed by atoms with E-state index in [0.717, 1.165) is 11.0 Å². The summed E-state index contributed by atoms with van der Waals surface area (Å²) >= 11 is 3.39. The number of benzene rings is 1. The summed E-state index contributed by atoms with van der Waals surface area (Å²) in [5.74, 6) is 0.709. The van der Waals surface area contributed by atoms with Crippen molar-refractivity contribution in [2.24, 2.45) is 0 Å². The number of rotatable bonds is 7. The average molecular weight is 451 g/mol. The molecule has 138 valence electrons. The second kappa shape index (κ2) is 12.1. The zero-order valence-corrected chi connectivity index (χ0v) is 17.2. The molecule has 0 bridgehead atoms. The lowest BCUT2D eigenvalue weighted by molar-refractivity contribution is 0.0947. The van der Waals surface area contributed by atoms with Gasteiger partial charge in [-0.1, -0.05) is 28.9 Å². The van der Waals surface area contributed by atoms with Gasteiger partial charge < -0.3 is 15.4 Å². The number of hydrogen-bond acceptors (Lipinski definition) is 4. The first-order chi connectivity index (χ1) is 11.1. The highest BCUT2D eigenvalue weighted by molar-refractivity contribution is 9.10. The normalized spacial score (nSPS) is 10.8. The quantitative estimate of drug-likeness (QED) is 0.663. The molecular formula is C17H22BrCl2N3O2. The lowest BCUT2D eigenvalue weighted by Gasteiger charge is -2.14. The van der Waals surface area contributed by atoms with Gasteiger partial charge in [0.1, 0.15) is 11.3 Å². The summed E-state index contributed by atoms with van der Waals surface area (Å²) in [6.45, 7) is 5.45. The maximum absolute atomic E-state index is 12.4. The summed E-state index contributed by atoms with van der Waals surface area (Å²) in [6, 6.07) is 11.0. The first-order valence-electron chi connectivity index (χ1n) is 7.50. The van der Waals surface area contributed by atoms with Gasteiger partial charge in [-0.25, -0.2) is 4.98 Å². The Morgan fingerprint density at radius 1 is 1.28 bits per heavy atom. The van der Waals surface area contributed by atoms with Gasteiger partial charge in [-0.2, -0.15) is 0 Å². The molecule has 0 aliphatic rings. The first-order valence-corrected chi connectivity index (χ1v) is 8.29. The zero-order valence-electron chi connectivity index (χ0n) is 14.0. The molecule has 1 atom stereocenters. The number of pyridine rings is 1. The lowest BCUT2D eigenvalue weighted by Crippen LogP contribution is -2.38. The molecule has 2 aromatic rings. The fourth-order valence-corrected chi connectivity index (χ4v) is 2.43. The molecular weight excluding hydrogens is 429 g/mol. The van der Waals surface area contributed by atoms with E-state index in [-0.39, 0.29) is 36.8 Å². The standard InChI is InChI=1S/C17H20BrN3O2.2ClH/c1-3-19-12(2)11-21-16(22)15-8-5-9-20-17(15)23-14-7-4-6-13(18)10-14;;/h4-10,12,19H,3,11H2,1-2H3,(H,21,22);2*1H/t12-;;/m1../s1. The predicted octanol–water partition coefficient (Wildman–Crippen LogP) is 4.21. The second-order valence-corrected chi connectivity index (χ2v) is 6.00. The number of carbonyl (C=O) groups is 1. The van der Waals surface area contributed by atoms with E-state index in [1.807, 2.05) is 38.1 Å². The monoisotopic (exact) mass is 449 g/mol.